The second kappa shape index (κ2) is 4.08. The Labute approximate surface area is 78.2 Å². The number of carboxylic acids is 1. The molecule has 0 bridgehead atoms. The third-order valence-electron chi connectivity index (χ3n) is 1.92. The molecule has 0 amide bonds. The van der Waals surface area contributed by atoms with E-state index < -0.39 is 5.97 Å². The summed E-state index contributed by atoms with van der Waals surface area (Å²) in [6.45, 7) is 4.01. The van der Waals surface area contributed by atoms with Crippen LogP contribution in [0.1, 0.15) is 34.8 Å². The van der Waals surface area contributed by atoms with Gasteiger partial charge in [0, 0.05) is 0 Å². The Hall–Kier alpha value is -1.31. The topological polar surface area (TPSA) is 37.3 Å². The summed E-state index contributed by atoms with van der Waals surface area (Å²) >= 11 is 0. The second-order valence-electron chi connectivity index (χ2n) is 3.26. The van der Waals surface area contributed by atoms with E-state index in [-0.39, 0.29) is 0 Å². The molecule has 2 heteroatoms. The van der Waals surface area contributed by atoms with Crippen LogP contribution in [-0.4, -0.2) is 11.1 Å². The van der Waals surface area contributed by atoms with E-state index in [9.17, 15) is 4.79 Å². The van der Waals surface area contributed by atoms with E-state index in [4.69, 9.17) is 5.11 Å². The average Bonchev–Trinajstić information content (AvgIpc) is 2.03. The largest absolute Gasteiger partial charge is 0.478 e. The van der Waals surface area contributed by atoms with E-state index in [0.717, 1.165) is 24.0 Å². The Kier molecular flexibility index (Phi) is 3.07. The minimum Gasteiger partial charge on any atom is -0.478 e. The van der Waals surface area contributed by atoms with Gasteiger partial charge in [0.2, 0.25) is 0 Å². The molecule has 0 heterocycles. The maximum Gasteiger partial charge on any atom is 0.335 e. The number of aromatic carboxylic acids is 1. The molecule has 13 heavy (non-hydrogen) atoms. The van der Waals surface area contributed by atoms with Gasteiger partial charge in [0.05, 0.1) is 5.56 Å². The van der Waals surface area contributed by atoms with Crippen molar-refractivity contribution < 1.29 is 9.90 Å². The predicted octanol–water partition coefficient (Wildman–Crippen LogP) is 2.65. The molecule has 0 saturated heterocycles. The summed E-state index contributed by atoms with van der Waals surface area (Å²) in [5.74, 6) is -0.846. The number of aryl methyl sites for hydroxylation is 2. The summed E-state index contributed by atoms with van der Waals surface area (Å²) in [7, 11) is 0. The van der Waals surface area contributed by atoms with Crippen molar-refractivity contribution in [1.29, 1.82) is 0 Å². The number of carboxylic acid groups (broad SMARTS) is 1. The fourth-order valence-corrected chi connectivity index (χ4v) is 1.42. The molecular weight excluding hydrogens is 164 g/mol. The van der Waals surface area contributed by atoms with Gasteiger partial charge in [-0.1, -0.05) is 25.0 Å². The maximum absolute atomic E-state index is 10.7. The fraction of sp³-hybridized carbons (Fsp3) is 0.364. The van der Waals surface area contributed by atoms with Crippen molar-refractivity contribution in [3.05, 3.63) is 34.9 Å². The average molecular weight is 178 g/mol. The minimum absolute atomic E-state index is 0.392. The third kappa shape index (κ3) is 2.58. The molecule has 0 spiro atoms. The molecule has 1 aromatic rings. The summed E-state index contributed by atoms with van der Waals surface area (Å²) < 4.78 is 0. The lowest BCUT2D eigenvalue weighted by Crippen LogP contribution is -1.98. The normalized spacial score (nSPS) is 10.0. The number of benzene rings is 1. The highest BCUT2D eigenvalue weighted by Gasteiger charge is 2.04. The van der Waals surface area contributed by atoms with Crippen LogP contribution in [-0.2, 0) is 6.42 Å². The van der Waals surface area contributed by atoms with Crippen LogP contribution in [0.25, 0.3) is 0 Å². The standard InChI is InChI=1S/C11H14O2/c1-3-4-9-5-8(2)6-10(7-9)11(12)13/h5-7H,3-4H2,1-2H3,(H,12,13). The highest BCUT2D eigenvalue weighted by molar-refractivity contribution is 5.88. The summed E-state index contributed by atoms with van der Waals surface area (Å²) in [6, 6.07) is 5.48. The summed E-state index contributed by atoms with van der Waals surface area (Å²) in [4.78, 5) is 10.7. The molecule has 0 radical (unpaired) electrons. The van der Waals surface area contributed by atoms with Crippen molar-refractivity contribution in [2.75, 3.05) is 0 Å². The smallest absolute Gasteiger partial charge is 0.335 e. The van der Waals surface area contributed by atoms with E-state index in [2.05, 4.69) is 6.92 Å². The monoisotopic (exact) mass is 178 g/mol. The summed E-state index contributed by atoms with van der Waals surface area (Å²) in [5.41, 5.74) is 2.52. The quantitative estimate of drug-likeness (QED) is 0.772. The summed E-state index contributed by atoms with van der Waals surface area (Å²) in [5, 5.41) is 8.80. The fourth-order valence-electron chi connectivity index (χ4n) is 1.42. The van der Waals surface area contributed by atoms with Crippen LogP contribution in [0, 0.1) is 6.92 Å². The van der Waals surface area contributed by atoms with Gasteiger partial charge in [0.25, 0.3) is 0 Å². The Morgan fingerprint density at radius 2 is 2.08 bits per heavy atom. The molecule has 1 aromatic carbocycles. The SMILES string of the molecule is CCCc1cc(C)cc(C(=O)O)c1. The van der Waals surface area contributed by atoms with Gasteiger partial charge in [-0.3, -0.25) is 0 Å². The molecule has 0 unspecified atom stereocenters. The van der Waals surface area contributed by atoms with Crippen LogP contribution >= 0.6 is 0 Å². The van der Waals surface area contributed by atoms with E-state index in [0.29, 0.717) is 5.56 Å². The zero-order valence-corrected chi connectivity index (χ0v) is 8.00. The van der Waals surface area contributed by atoms with Gasteiger partial charge in [-0.25, -0.2) is 4.79 Å². The van der Waals surface area contributed by atoms with Crippen LogP contribution < -0.4 is 0 Å². The van der Waals surface area contributed by atoms with E-state index >= 15 is 0 Å². The van der Waals surface area contributed by atoms with E-state index in [1.54, 1.807) is 12.1 Å². The first-order chi connectivity index (χ1) is 6.13. The summed E-state index contributed by atoms with van der Waals surface area (Å²) in [6.07, 6.45) is 1.99. The van der Waals surface area contributed by atoms with Crippen LogP contribution in [0.4, 0.5) is 0 Å². The molecule has 0 aromatic heterocycles. The van der Waals surface area contributed by atoms with Crippen molar-refractivity contribution in [3.8, 4) is 0 Å². The van der Waals surface area contributed by atoms with Gasteiger partial charge in [-0.05, 0) is 31.0 Å². The molecule has 0 atom stereocenters. The number of hydrogen-bond acceptors (Lipinski definition) is 1. The maximum atomic E-state index is 10.7. The molecule has 1 rings (SSSR count). The molecule has 0 aliphatic heterocycles. The van der Waals surface area contributed by atoms with Gasteiger partial charge in [0.15, 0.2) is 0 Å². The lowest BCUT2D eigenvalue weighted by atomic mass is 10.0. The van der Waals surface area contributed by atoms with Gasteiger partial charge >= 0.3 is 5.97 Å². The lowest BCUT2D eigenvalue weighted by Gasteiger charge is -2.02. The van der Waals surface area contributed by atoms with Crippen molar-refractivity contribution in [2.45, 2.75) is 26.7 Å². The van der Waals surface area contributed by atoms with Gasteiger partial charge < -0.3 is 5.11 Å². The Morgan fingerprint density at radius 3 is 2.62 bits per heavy atom. The zero-order valence-electron chi connectivity index (χ0n) is 8.00. The Bertz CT molecular complexity index is 316. The number of hydrogen-bond donors (Lipinski definition) is 1. The third-order valence-corrected chi connectivity index (χ3v) is 1.92. The first-order valence-electron chi connectivity index (χ1n) is 4.47. The first kappa shape index (κ1) is 9.78. The van der Waals surface area contributed by atoms with E-state index in [1.807, 2.05) is 13.0 Å². The lowest BCUT2D eigenvalue weighted by molar-refractivity contribution is 0.0696. The first-order valence-corrected chi connectivity index (χ1v) is 4.47. The second-order valence-corrected chi connectivity index (χ2v) is 3.26. The van der Waals surface area contributed by atoms with Crippen molar-refractivity contribution in [2.24, 2.45) is 0 Å². The van der Waals surface area contributed by atoms with Gasteiger partial charge in [-0.2, -0.15) is 0 Å². The molecular formula is C11H14O2. The van der Waals surface area contributed by atoms with Crippen LogP contribution in [0.3, 0.4) is 0 Å². The van der Waals surface area contributed by atoms with Crippen LogP contribution in [0.5, 0.6) is 0 Å². The highest BCUT2D eigenvalue weighted by atomic mass is 16.4. The minimum atomic E-state index is -0.846. The molecule has 0 aliphatic rings. The molecule has 0 aliphatic carbocycles. The van der Waals surface area contributed by atoms with Crippen molar-refractivity contribution in [3.63, 3.8) is 0 Å². The molecule has 1 N–H and O–H groups in total. The molecule has 0 fully saturated rings. The van der Waals surface area contributed by atoms with Crippen molar-refractivity contribution >= 4 is 5.97 Å². The molecule has 70 valence electrons. The highest BCUT2D eigenvalue weighted by Crippen LogP contribution is 2.11. The number of carbonyl (C=O) groups is 1. The van der Waals surface area contributed by atoms with Gasteiger partial charge in [0.1, 0.15) is 0 Å². The van der Waals surface area contributed by atoms with Gasteiger partial charge in [-0.15, -0.1) is 0 Å². The Balaban J connectivity index is 3.03. The number of rotatable bonds is 3. The Morgan fingerprint density at radius 1 is 1.38 bits per heavy atom. The van der Waals surface area contributed by atoms with Crippen LogP contribution in [0.2, 0.25) is 0 Å². The predicted molar refractivity (Wildman–Crippen MR) is 52.1 cm³/mol. The molecule has 0 saturated carbocycles. The zero-order chi connectivity index (χ0) is 9.84. The van der Waals surface area contributed by atoms with Crippen LogP contribution in [0.15, 0.2) is 18.2 Å². The van der Waals surface area contributed by atoms with Crippen molar-refractivity contribution in [1.82, 2.24) is 0 Å². The molecule has 2 nitrogen and oxygen atoms in total. The van der Waals surface area contributed by atoms with E-state index in [1.165, 1.54) is 0 Å².